The summed E-state index contributed by atoms with van der Waals surface area (Å²) >= 11 is 0. The fourth-order valence-corrected chi connectivity index (χ4v) is 0.629. The van der Waals surface area contributed by atoms with Crippen molar-refractivity contribution in [3.8, 4) is 0 Å². The molecular formula is C8H11F4NO2. The van der Waals surface area contributed by atoms with Crippen LogP contribution in [0.5, 0.6) is 0 Å². The van der Waals surface area contributed by atoms with Crippen LogP contribution in [0.1, 0.15) is 6.92 Å². The van der Waals surface area contributed by atoms with Gasteiger partial charge >= 0.3 is 18.3 Å². The molecule has 0 radical (unpaired) electrons. The van der Waals surface area contributed by atoms with E-state index in [1.807, 2.05) is 5.32 Å². The Balaban J connectivity index is 3.91. The first-order valence-electron chi connectivity index (χ1n) is 4.04. The van der Waals surface area contributed by atoms with Crippen molar-refractivity contribution in [3.63, 3.8) is 0 Å². The van der Waals surface area contributed by atoms with E-state index in [1.165, 1.54) is 6.92 Å². The van der Waals surface area contributed by atoms with Crippen LogP contribution in [0, 0.1) is 0 Å². The van der Waals surface area contributed by atoms with Gasteiger partial charge in [-0.15, -0.1) is 0 Å². The van der Waals surface area contributed by atoms with E-state index in [0.29, 0.717) is 0 Å². The molecule has 0 heterocycles. The number of carbonyl (C=O) groups is 1. The van der Waals surface area contributed by atoms with Gasteiger partial charge in [0.25, 0.3) is 0 Å². The molecule has 88 valence electrons. The second kappa shape index (κ2) is 5.69. The van der Waals surface area contributed by atoms with Gasteiger partial charge in [-0.3, -0.25) is 0 Å². The summed E-state index contributed by atoms with van der Waals surface area (Å²) in [6.07, 6.45) is -2.60. The SMILES string of the molecule is CC(=CCNCC(F)(F)C(F)F)C(=O)O. The summed E-state index contributed by atoms with van der Waals surface area (Å²) < 4.78 is 47.8. The van der Waals surface area contributed by atoms with Gasteiger partial charge in [0.2, 0.25) is 0 Å². The minimum absolute atomic E-state index is 0.0390. The summed E-state index contributed by atoms with van der Waals surface area (Å²) in [6.45, 7) is -0.107. The van der Waals surface area contributed by atoms with Crippen molar-refractivity contribution in [2.24, 2.45) is 0 Å². The predicted molar refractivity (Wildman–Crippen MR) is 45.2 cm³/mol. The van der Waals surface area contributed by atoms with Gasteiger partial charge < -0.3 is 10.4 Å². The molecule has 0 aliphatic carbocycles. The predicted octanol–water partition coefficient (Wildman–Crippen LogP) is 1.51. The van der Waals surface area contributed by atoms with Gasteiger partial charge in [-0.05, 0) is 6.92 Å². The summed E-state index contributed by atoms with van der Waals surface area (Å²) in [6, 6.07) is 0. The molecule has 0 unspecified atom stereocenters. The zero-order chi connectivity index (χ0) is 12.1. The number of alkyl halides is 4. The molecule has 0 saturated heterocycles. The Morgan fingerprint density at radius 1 is 1.53 bits per heavy atom. The number of carboxylic acid groups (broad SMARTS) is 1. The van der Waals surface area contributed by atoms with Crippen LogP contribution in [-0.4, -0.2) is 36.5 Å². The third-order valence-electron chi connectivity index (χ3n) is 1.57. The van der Waals surface area contributed by atoms with Crippen molar-refractivity contribution in [2.45, 2.75) is 19.3 Å². The lowest BCUT2D eigenvalue weighted by atomic mass is 10.3. The summed E-state index contributed by atoms with van der Waals surface area (Å²) in [4.78, 5) is 10.2. The first-order chi connectivity index (χ1) is 6.77. The molecule has 2 N–H and O–H groups in total. The van der Waals surface area contributed by atoms with E-state index in [1.54, 1.807) is 0 Å². The van der Waals surface area contributed by atoms with Crippen LogP contribution < -0.4 is 5.32 Å². The average molecular weight is 229 g/mol. The molecule has 0 aliphatic heterocycles. The maximum Gasteiger partial charge on any atom is 0.330 e. The third-order valence-corrected chi connectivity index (χ3v) is 1.57. The Kier molecular flexibility index (Phi) is 5.27. The number of halogens is 4. The van der Waals surface area contributed by atoms with Gasteiger partial charge in [0, 0.05) is 12.1 Å². The number of hydrogen-bond acceptors (Lipinski definition) is 2. The van der Waals surface area contributed by atoms with Gasteiger partial charge in [-0.2, -0.15) is 8.78 Å². The summed E-state index contributed by atoms with van der Waals surface area (Å²) in [5, 5.41) is 10.4. The maximum atomic E-state index is 12.3. The third kappa shape index (κ3) is 5.36. The highest BCUT2D eigenvalue weighted by Gasteiger charge is 2.39. The lowest BCUT2D eigenvalue weighted by Crippen LogP contribution is -2.38. The number of hydrogen-bond donors (Lipinski definition) is 2. The van der Waals surface area contributed by atoms with Crippen LogP contribution >= 0.6 is 0 Å². The molecule has 0 fully saturated rings. The van der Waals surface area contributed by atoms with Crippen molar-refractivity contribution < 1.29 is 27.5 Å². The maximum absolute atomic E-state index is 12.3. The second-order valence-electron chi connectivity index (χ2n) is 2.88. The van der Waals surface area contributed by atoms with Crippen LogP contribution in [0.3, 0.4) is 0 Å². The molecule has 3 nitrogen and oxygen atoms in total. The summed E-state index contributed by atoms with van der Waals surface area (Å²) in [5.41, 5.74) is -0.0390. The van der Waals surface area contributed by atoms with Gasteiger partial charge in [0.1, 0.15) is 0 Å². The Morgan fingerprint density at radius 3 is 2.47 bits per heavy atom. The molecule has 0 atom stereocenters. The average Bonchev–Trinajstić information content (AvgIpc) is 2.11. The second-order valence-corrected chi connectivity index (χ2v) is 2.88. The molecule has 0 bridgehead atoms. The molecule has 15 heavy (non-hydrogen) atoms. The summed E-state index contributed by atoms with van der Waals surface area (Å²) in [7, 11) is 0. The fraction of sp³-hybridized carbons (Fsp3) is 0.625. The molecule has 0 spiro atoms. The minimum atomic E-state index is -4.09. The van der Waals surface area contributed by atoms with Crippen molar-refractivity contribution in [3.05, 3.63) is 11.6 Å². The first-order valence-corrected chi connectivity index (χ1v) is 4.04. The number of rotatable bonds is 6. The molecule has 0 saturated carbocycles. The monoisotopic (exact) mass is 229 g/mol. The van der Waals surface area contributed by atoms with Crippen LogP contribution in [-0.2, 0) is 4.79 Å². The minimum Gasteiger partial charge on any atom is -0.478 e. The highest BCUT2D eigenvalue weighted by Crippen LogP contribution is 2.21. The quantitative estimate of drug-likeness (QED) is 0.412. The Morgan fingerprint density at radius 2 is 2.07 bits per heavy atom. The lowest BCUT2D eigenvalue weighted by Gasteiger charge is -2.14. The van der Waals surface area contributed by atoms with Gasteiger partial charge in [0.15, 0.2) is 0 Å². The molecule has 0 aliphatic rings. The van der Waals surface area contributed by atoms with E-state index in [-0.39, 0.29) is 12.1 Å². The van der Waals surface area contributed by atoms with Gasteiger partial charge in [0.05, 0.1) is 6.54 Å². The number of carboxylic acids is 1. The Labute approximate surface area is 83.8 Å². The van der Waals surface area contributed by atoms with Crippen LogP contribution in [0.25, 0.3) is 0 Å². The van der Waals surface area contributed by atoms with Gasteiger partial charge in [-0.25, -0.2) is 13.6 Å². The van der Waals surface area contributed by atoms with Crippen molar-refractivity contribution in [1.82, 2.24) is 5.32 Å². The molecule has 7 heteroatoms. The van der Waals surface area contributed by atoms with E-state index in [0.717, 1.165) is 6.08 Å². The van der Waals surface area contributed by atoms with Crippen LogP contribution in [0.2, 0.25) is 0 Å². The zero-order valence-electron chi connectivity index (χ0n) is 7.94. The van der Waals surface area contributed by atoms with E-state index in [2.05, 4.69) is 0 Å². The Bertz CT molecular complexity index is 253. The van der Waals surface area contributed by atoms with Crippen LogP contribution in [0.4, 0.5) is 17.6 Å². The number of aliphatic carboxylic acids is 1. The van der Waals surface area contributed by atoms with Crippen molar-refractivity contribution >= 4 is 5.97 Å². The highest BCUT2D eigenvalue weighted by molar-refractivity contribution is 5.85. The molecular weight excluding hydrogens is 218 g/mol. The lowest BCUT2D eigenvalue weighted by molar-refractivity contribution is -0.132. The molecule has 0 amide bonds. The molecule has 0 aromatic carbocycles. The van der Waals surface area contributed by atoms with Crippen molar-refractivity contribution in [1.29, 1.82) is 0 Å². The number of nitrogens with one attached hydrogen (secondary N) is 1. The van der Waals surface area contributed by atoms with E-state index in [4.69, 9.17) is 5.11 Å². The van der Waals surface area contributed by atoms with E-state index >= 15 is 0 Å². The highest BCUT2D eigenvalue weighted by atomic mass is 19.3. The smallest absolute Gasteiger partial charge is 0.330 e. The molecule has 0 aromatic rings. The van der Waals surface area contributed by atoms with Crippen LogP contribution in [0.15, 0.2) is 11.6 Å². The zero-order valence-corrected chi connectivity index (χ0v) is 7.94. The van der Waals surface area contributed by atoms with E-state index < -0.39 is 24.9 Å². The largest absolute Gasteiger partial charge is 0.478 e. The molecule has 0 aromatic heterocycles. The topological polar surface area (TPSA) is 49.3 Å². The summed E-state index contributed by atoms with van der Waals surface area (Å²) in [5.74, 6) is -5.28. The van der Waals surface area contributed by atoms with Crippen molar-refractivity contribution in [2.75, 3.05) is 13.1 Å². The molecule has 0 rings (SSSR count). The first kappa shape index (κ1) is 13.9. The normalized spacial score (nSPS) is 13.3. The standard InChI is InChI=1S/C8H11F4NO2/c1-5(6(14)15)2-3-13-4-8(11,12)7(9)10/h2,7,13H,3-4H2,1H3,(H,14,15). The van der Waals surface area contributed by atoms with Gasteiger partial charge in [-0.1, -0.05) is 6.08 Å². The van der Waals surface area contributed by atoms with E-state index in [9.17, 15) is 22.4 Å². The Hall–Kier alpha value is -1.11. The fourth-order valence-electron chi connectivity index (χ4n) is 0.629.